The maximum Gasteiger partial charge on any atom is 0.405 e. The van der Waals surface area contributed by atoms with Gasteiger partial charge in [-0.05, 0) is 18.9 Å². The molecule has 0 spiro atoms. The van der Waals surface area contributed by atoms with Crippen molar-refractivity contribution in [2.75, 3.05) is 43.5 Å². The molecule has 2 aromatic heterocycles. The van der Waals surface area contributed by atoms with Gasteiger partial charge in [-0.1, -0.05) is 19.4 Å². The first kappa shape index (κ1) is 26.2. The SMILES string of the molecule is CCC/C=C(/Nc1cc(=O)c(F)c[nH]1)c1cnc(C(=O)N2CCCOCC2)cc1NCC(F)(F)F. The molecule has 1 aliphatic heterocycles. The number of alkyl halides is 3. The van der Waals surface area contributed by atoms with Crippen LogP contribution in [0, 0.1) is 5.82 Å². The van der Waals surface area contributed by atoms with E-state index in [4.69, 9.17) is 4.74 Å². The molecule has 0 atom stereocenters. The molecule has 8 nitrogen and oxygen atoms in total. The van der Waals surface area contributed by atoms with Crippen molar-refractivity contribution in [3.63, 3.8) is 0 Å². The lowest BCUT2D eigenvalue weighted by Gasteiger charge is -2.21. The number of aromatic nitrogens is 2. The molecule has 0 bridgehead atoms. The molecule has 3 N–H and O–H groups in total. The molecule has 1 aliphatic rings. The lowest BCUT2D eigenvalue weighted by atomic mass is 10.1. The van der Waals surface area contributed by atoms with Gasteiger partial charge in [0.25, 0.3) is 5.91 Å². The van der Waals surface area contributed by atoms with Crippen LogP contribution in [0.2, 0.25) is 0 Å². The maximum atomic E-state index is 13.4. The number of carbonyl (C=O) groups is 1. The minimum absolute atomic E-state index is 0.00893. The Bertz CT molecular complexity index is 1110. The predicted octanol–water partition coefficient (Wildman–Crippen LogP) is 4.00. The van der Waals surface area contributed by atoms with Crippen LogP contribution in [0.15, 0.2) is 35.4 Å². The van der Waals surface area contributed by atoms with E-state index in [1.165, 1.54) is 12.3 Å². The van der Waals surface area contributed by atoms with Gasteiger partial charge in [0.15, 0.2) is 5.82 Å². The van der Waals surface area contributed by atoms with E-state index in [0.717, 1.165) is 18.7 Å². The molecule has 3 rings (SSSR count). The molecule has 0 saturated carbocycles. The molecule has 2 aromatic rings. The van der Waals surface area contributed by atoms with Crippen LogP contribution in [0.4, 0.5) is 29.1 Å². The van der Waals surface area contributed by atoms with Crippen LogP contribution < -0.4 is 16.1 Å². The number of H-pyrrole nitrogens is 1. The second-order valence-corrected chi connectivity index (χ2v) is 7.93. The standard InChI is InChI=1S/C23H27F4N5O3/c1-2-3-5-17(31-21-11-20(33)16(24)13-29-21)15-12-28-19(10-18(15)30-14-23(25,26)27)22(34)32-6-4-8-35-9-7-32/h5,10-13H,2-4,6-9,14H2,1H3,(H,28,30)(H2,29,31,33)/b17-5+. The summed E-state index contributed by atoms with van der Waals surface area (Å²) >= 11 is 0. The smallest absolute Gasteiger partial charge is 0.380 e. The molecule has 190 valence electrons. The Morgan fingerprint density at radius 2 is 2.09 bits per heavy atom. The summed E-state index contributed by atoms with van der Waals surface area (Å²) in [4.78, 5) is 33.0. The fourth-order valence-corrected chi connectivity index (χ4v) is 3.43. The van der Waals surface area contributed by atoms with Gasteiger partial charge >= 0.3 is 6.18 Å². The van der Waals surface area contributed by atoms with Crippen LogP contribution in [0.1, 0.15) is 42.2 Å². The normalized spacial score (nSPS) is 15.0. The number of ether oxygens (including phenoxy) is 1. The molecule has 0 unspecified atom stereocenters. The Morgan fingerprint density at radius 1 is 1.29 bits per heavy atom. The highest BCUT2D eigenvalue weighted by Gasteiger charge is 2.28. The molecule has 12 heteroatoms. The molecular weight excluding hydrogens is 470 g/mol. The van der Waals surface area contributed by atoms with Crippen molar-refractivity contribution in [2.24, 2.45) is 0 Å². The first-order valence-electron chi connectivity index (χ1n) is 11.2. The van der Waals surface area contributed by atoms with E-state index in [0.29, 0.717) is 44.8 Å². The number of rotatable bonds is 8. The summed E-state index contributed by atoms with van der Waals surface area (Å²) in [6.45, 7) is 2.29. The highest BCUT2D eigenvalue weighted by atomic mass is 19.4. The Balaban J connectivity index is 1.99. The van der Waals surface area contributed by atoms with E-state index < -0.39 is 29.9 Å². The van der Waals surface area contributed by atoms with E-state index >= 15 is 0 Å². The Morgan fingerprint density at radius 3 is 2.80 bits per heavy atom. The first-order chi connectivity index (χ1) is 16.7. The maximum absolute atomic E-state index is 13.4. The van der Waals surface area contributed by atoms with Crippen LogP contribution in [-0.2, 0) is 4.74 Å². The van der Waals surface area contributed by atoms with E-state index in [1.807, 2.05) is 6.92 Å². The van der Waals surface area contributed by atoms with Gasteiger partial charge in [-0.3, -0.25) is 14.6 Å². The van der Waals surface area contributed by atoms with Crippen molar-refractivity contribution in [1.29, 1.82) is 0 Å². The van der Waals surface area contributed by atoms with Crippen molar-refractivity contribution >= 4 is 23.1 Å². The zero-order valence-electron chi connectivity index (χ0n) is 19.2. The number of nitrogens with one attached hydrogen (secondary N) is 3. The number of anilines is 2. The van der Waals surface area contributed by atoms with Crippen LogP contribution in [0.25, 0.3) is 5.70 Å². The third kappa shape index (κ3) is 7.54. The third-order valence-corrected chi connectivity index (χ3v) is 5.17. The molecule has 0 radical (unpaired) electrons. The van der Waals surface area contributed by atoms with Crippen molar-refractivity contribution < 1.29 is 27.1 Å². The van der Waals surface area contributed by atoms with Gasteiger partial charge in [-0.15, -0.1) is 0 Å². The first-order valence-corrected chi connectivity index (χ1v) is 11.2. The van der Waals surface area contributed by atoms with Gasteiger partial charge in [0.1, 0.15) is 18.1 Å². The molecule has 0 aliphatic carbocycles. The summed E-state index contributed by atoms with van der Waals surface area (Å²) in [5, 5.41) is 5.28. The predicted molar refractivity (Wildman–Crippen MR) is 124 cm³/mol. The molecular formula is C23H27F4N5O3. The number of amides is 1. The molecule has 35 heavy (non-hydrogen) atoms. The number of unbranched alkanes of at least 4 members (excludes halogenated alkanes) is 1. The van der Waals surface area contributed by atoms with E-state index in [9.17, 15) is 27.2 Å². The number of aromatic amines is 1. The van der Waals surface area contributed by atoms with Crippen LogP contribution in [0.5, 0.6) is 0 Å². The quantitative estimate of drug-likeness (QED) is 0.477. The number of halogens is 4. The number of hydrogen-bond acceptors (Lipinski definition) is 6. The van der Waals surface area contributed by atoms with Crippen LogP contribution in [0.3, 0.4) is 0 Å². The lowest BCUT2D eigenvalue weighted by Crippen LogP contribution is -2.34. The minimum Gasteiger partial charge on any atom is -0.380 e. The van der Waals surface area contributed by atoms with Crippen molar-refractivity contribution in [1.82, 2.24) is 14.9 Å². The molecule has 1 fully saturated rings. The number of hydrogen-bond donors (Lipinski definition) is 3. The van der Waals surface area contributed by atoms with Crippen molar-refractivity contribution in [3.05, 3.63) is 57.9 Å². The zero-order chi connectivity index (χ0) is 25.4. The van der Waals surface area contributed by atoms with Gasteiger partial charge in [0.2, 0.25) is 5.43 Å². The Kier molecular flexibility index (Phi) is 8.85. The number of nitrogens with zero attached hydrogens (tertiary/aromatic N) is 2. The van der Waals surface area contributed by atoms with Crippen LogP contribution >= 0.6 is 0 Å². The summed E-state index contributed by atoms with van der Waals surface area (Å²) in [5.41, 5.74) is -0.231. The summed E-state index contributed by atoms with van der Waals surface area (Å²) in [7, 11) is 0. The highest BCUT2D eigenvalue weighted by molar-refractivity contribution is 5.94. The van der Waals surface area contributed by atoms with E-state index in [1.54, 1.807) is 11.0 Å². The fraction of sp³-hybridized carbons (Fsp3) is 0.435. The van der Waals surface area contributed by atoms with Gasteiger partial charge in [-0.2, -0.15) is 13.2 Å². The lowest BCUT2D eigenvalue weighted by molar-refractivity contribution is -0.115. The number of pyridine rings is 2. The monoisotopic (exact) mass is 497 g/mol. The van der Waals surface area contributed by atoms with Crippen molar-refractivity contribution in [2.45, 2.75) is 32.4 Å². The second-order valence-electron chi connectivity index (χ2n) is 7.93. The fourth-order valence-electron chi connectivity index (χ4n) is 3.43. The summed E-state index contributed by atoms with van der Waals surface area (Å²) in [5.74, 6) is -1.23. The largest absolute Gasteiger partial charge is 0.405 e. The average molecular weight is 497 g/mol. The van der Waals surface area contributed by atoms with Crippen LogP contribution in [-0.4, -0.2) is 59.8 Å². The zero-order valence-corrected chi connectivity index (χ0v) is 19.2. The average Bonchev–Trinajstić information content (AvgIpc) is 3.11. The van der Waals surface area contributed by atoms with Crippen molar-refractivity contribution in [3.8, 4) is 0 Å². The van der Waals surface area contributed by atoms with Gasteiger partial charge in [0.05, 0.1) is 6.61 Å². The highest BCUT2D eigenvalue weighted by Crippen LogP contribution is 2.28. The topological polar surface area (TPSA) is 99.3 Å². The minimum atomic E-state index is -4.50. The Hall–Kier alpha value is -3.41. The second kappa shape index (κ2) is 11.8. The van der Waals surface area contributed by atoms with E-state index in [-0.39, 0.29) is 22.8 Å². The van der Waals surface area contributed by atoms with Gasteiger partial charge in [-0.25, -0.2) is 4.39 Å². The molecule has 3 heterocycles. The molecule has 1 amide bonds. The number of allylic oxidation sites excluding steroid dienone is 1. The summed E-state index contributed by atoms with van der Waals surface area (Å²) in [6.07, 6.45) is 1.35. The molecule has 1 saturated heterocycles. The van der Waals surface area contributed by atoms with E-state index in [2.05, 4.69) is 20.6 Å². The van der Waals surface area contributed by atoms with Gasteiger partial charge in [0, 0.05) is 55.1 Å². The third-order valence-electron chi connectivity index (χ3n) is 5.17. The Labute approximate surface area is 199 Å². The molecule has 0 aromatic carbocycles. The number of carbonyl (C=O) groups excluding carboxylic acids is 1. The summed E-state index contributed by atoms with van der Waals surface area (Å²) < 4.78 is 57.8. The summed E-state index contributed by atoms with van der Waals surface area (Å²) in [6, 6.07) is 2.29. The van der Waals surface area contributed by atoms with Gasteiger partial charge < -0.3 is 25.3 Å².